The third-order valence-electron chi connectivity index (χ3n) is 2.72. The fraction of sp³-hybridized carbons (Fsp3) is 0.500. The van der Waals surface area contributed by atoms with E-state index in [0.29, 0.717) is 0 Å². The van der Waals surface area contributed by atoms with Gasteiger partial charge in [0.25, 0.3) is 0 Å². The number of rotatable bonds is 1. The monoisotopic (exact) mass is 209 g/mol. The second-order valence-corrected chi connectivity index (χ2v) is 3.94. The topological polar surface area (TPSA) is 21.3 Å². The van der Waals surface area contributed by atoms with E-state index < -0.39 is 0 Å². The molecule has 82 valence electrons. The van der Waals surface area contributed by atoms with Crippen LogP contribution < -0.4 is 5.32 Å². The summed E-state index contributed by atoms with van der Waals surface area (Å²) in [6.45, 7) is 3.77. The first-order valence-corrected chi connectivity index (χ1v) is 5.38. The molecule has 1 N–H and O–H groups in total. The first-order chi connectivity index (χ1) is 7.27. The molecule has 2 nitrogen and oxygen atoms in total. The molecule has 1 aromatic rings. The van der Waals surface area contributed by atoms with E-state index in [2.05, 4.69) is 12.2 Å². The lowest BCUT2D eigenvalue weighted by molar-refractivity contribution is 0.0460. The zero-order valence-corrected chi connectivity index (χ0v) is 8.87. The van der Waals surface area contributed by atoms with Gasteiger partial charge in [-0.25, -0.2) is 4.39 Å². The Morgan fingerprint density at radius 1 is 1.47 bits per heavy atom. The van der Waals surface area contributed by atoms with Crippen LogP contribution in [-0.2, 0) is 4.74 Å². The van der Waals surface area contributed by atoms with Crippen molar-refractivity contribution in [2.75, 3.05) is 13.2 Å². The smallest absolute Gasteiger partial charge is 0.123 e. The van der Waals surface area contributed by atoms with Gasteiger partial charge in [-0.3, -0.25) is 0 Å². The summed E-state index contributed by atoms with van der Waals surface area (Å²) < 4.78 is 18.8. The minimum absolute atomic E-state index is 0.0387. The lowest BCUT2D eigenvalue weighted by Gasteiger charge is -2.22. The third-order valence-corrected chi connectivity index (χ3v) is 2.72. The van der Waals surface area contributed by atoms with Crippen LogP contribution in [0.3, 0.4) is 0 Å². The molecular weight excluding hydrogens is 193 g/mol. The normalized spacial score (nSPS) is 27.3. The number of benzene rings is 1. The van der Waals surface area contributed by atoms with Crippen molar-refractivity contribution in [3.63, 3.8) is 0 Å². The highest BCUT2D eigenvalue weighted by Crippen LogP contribution is 2.23. The van der Waals surface area contributed by atoms with Gasteiger partial charge in [-0.2, -0.15) is 0 Å². The Balaban J connectivity index is 2.20. The van der Waals surface area contributed by atoms with Crippen molar-refractivity contribution in [3.05, 3.63) is 35.6 Å². The molecule has 1 aliphatic heterocycles. The van der Waals surface area contributed by atoms with Crippen molar-refractivity contribution >= 4 is 0 Å². The Morgan fingerprint density at radius 2 is 2.33 bits per heavy atom. The van der Waals surface area contributed by atoms with E-state index in [-0.39, 0.29) is 18.0 Å². The molecule has 0 amide bonds. The van der Waals surface area contributed by atoms with Crippen molar-refractivity contribution < 1.29 is 9.13 Å². The average molecular weight is 209 g/mol. The van der Waals surface area contributed by atoms with Crippen LogP contribution in [0.2, 0.25) is 0 Å². The van der Waals surface area contributed by atoms with E-state index in [1.54, 1.807) is 12.1 Å². The highest BCUT2D eigenvalue weighted by atomic mass is 19.1. The number of nitrogens with one attached hydrogen (secondary N) is 1. The van der Waals surface area contributed by atoms with Crippen molar-refractivity contribution in [2.24, 2.45) is 0 Å². The Kier molecular flexibility index (Phi) is 3.34. The van der Waals surface area contributed by atoms with Gasteiger partial charge in [0.2, 0.25) is 0 Å². The fourth-order valence-electron chi connectivity index (χ4n) is 1.93. The maximum absolute atomic E-state index is 13.1. The molecule has 1 aromatic carbocycles. The number of hydrogen-bond donors (Lipinski definition) is 1. The van der Waals surface area contributed by atoms with Gasteiger partial charge in [0.15, 0.2) is 0 Å². The van der Waals surface area contributed by atoms with E-state index in [1.807, 2.05) is 6.07 Å². The number of ether oxygens (including phenoxy) is 1. The molecule has 0 spiro atoms. The summed E-state index contributed by atoms with van der Waals surface area (Å²) in [5.41, 5.74) is 0.914. The summed E-state index contributed by atoms with van der Waals surface area (Å²) in [5, 5.41) is 3.37. The molecule has 1 heterocycles. The molecule has 0 aromatic heterocycles. The van der Waals surface area contributed by atoms with Crippen LogP contribution in [0.1, 0.15) is 25.0 Å². The Bertz CT molecular complexity index is 329. The molecule has 0 saturated carbocycles. The van der Waals surface area contributed by atoms with E-state index in [0.717, 1.165) is 25.1 Å². The van der Waals surface area contributed by atoms with Gasteiger partial charge in [-0.05, 0) is 37.6 Å². The van der Waals surface area contributed by atoms with E-state index >= 15 is 0 Å². The van der Waals surface area contributed by atoms with Crippen LogP contribution in [0.4, 0.5) is 4.39 Å². The Morgan fingerprint density at radius 3 is 3.13 bits per heavy atom. The molecule has 1 fully saturated rings. The molecule has 0 aliphatic carbocycles. The van der Waals surface area contributed by atoms with Gasteiger partial charge in [-0.15, -0.1) is 0 Å². The third kappa shape index (κ3) is 2.55. The second-order valence-electron chi connectivity index (χ2n) is 3.94. The van der Waals surface area contributed by atoms with E-state index in [4.69, 9.17) is 4.74 Å². The van der Waals surface area contributed by atoms with Crippen LogP contribution >= 0.6 is 0 Å². The molecule has 2 rings (SSSR count). The van der Waals surface area contributed by atoms with Gasteiger partial charge >= 0.3 is 0 Å². The lowest BCUT2D eigenvalue weighted by atomic mass is 10.0. The van der Waals surface area contributed by atoms with Gasteiger partial charge < -0.3 is 10.1 Å². The van der Waals surface area contributed by atoms with Crippen LogP contribution in [0.25, 0.3) is 0 Å². The summed E-state index contributed by atoms with van der Waals surface area (Å²) in [5.74, 6) is -0.201. The zero-order chi connectivity index (χ0) is 10.7. The molecule has 0 bridgehead atoms. The summed E-state index contributed by atoms with van der Waals surface area (Å²) >= 11 is 0. The maximum Gasteiger partial charge on any atom is 0.123 e. The average Bonchev–Trinajstić information content (AvgIpc) is 2.43. The molecule has 3 heteroatoms. The highest BCUT2D eigenvalue weighted by Gasteiger charge is 2.22. The summed E-state index contributed by atoms with van der Waals surface area (Å²) in [6.07, 6.45) is 0.971. The minimum Gasteiger partial charge on any atom is -0.372 e. The maximum atomic E-state index is 13.1. The molecular formula is C12H16FNO. The summed E-state index contributed by atoms with van der Waals surface area (Å²) in [6, 6.07) is 6.88. The van der Waals surface area contributed by atoms with Gasteiger partial charge in [0, 0.05) is 12.6 Å². The lowest BCUT2D eigenvalue weighted by Crippen LogP contribution is -2.31. The van der Waals surface area contributed by atoms with Crippen LogP contribution in [0.15, 0.2) is 24.3 Å². The van der Waals surface area contributed by atoms with Crippen molar-refractivity contribution in [3.8, 4) is 0 Å². The largest absolute Gasteiger partial charge is 0.372 e. The van der Waals surface area contributed by atoms with Crippen LogP contribution in [0, 0.1) is 5.82 Å². The van der Waals surface area contributed by atoms with Gasteiger partial charge in [0.1, 0.15) is 5.82 Å². The van der Waals surface area contributed by atoms with Gasteiger partial charge in [-0.1, -0.05) is 12.1 Å². The van der Waals surface area contributed by atoms with Crippen molar-refractivity contribution in [1.82, 2.24) is 5.32 Å². The predicted molar refractivity (Wildman–Crippen MR) is 57.2 cm³/mol. The molecule has 0 radical (unpaired) electrons. The zero-order valence-electron chi connectivity index (χ0n) is 8.87. The SMILES string of the molecule is CC1NCCCOC1c1cccc(F)c1. The second kappa shape index (κ2) is 4.73. The van der Waals surface area contributed by atoms with Crippen LogP contribution in [0.5, 0.6) is 0 Å². The molecule has 1 saturated heterocycles. The number of halogens is 1. The Hall–Kier alpha value is -0.930. The fourth-order valence-corrected chi connectivity index (χ4v) is 1.93. The minimum atomic E-state index is -0.201. The highest BCUT2D eigenvalue weighted by molar-refractivity contribution is 5.20. The standard InChI is InChI=1S/C12H16FNO/c1-9-12(15-7-3-6-14-9)10-4-2-5-11(13)8-10/h2,4-5,8-9,12,14H,3,6-7H2,1H3. The first-order valence-electron chi connectivity index (χ1n) is 5.38. The van der Waals surface area contributed by atoms with E-state index in [9.17, 15) is 4.39 Å². The van der Waals surface area contributed by atoms with Crippen molar-refractivity contribution in [1.29, 1.82) is 0 Å². The predicted octanol–water partition coefficient (Wildman–Crippen LogP) is 2.27. The quantitative estimate of drug-likeness (QED) is 0.766. The van der Waals surface area contributed by atoms with Crippen molar-refractivity contribution in [2.45, 2.75) is 25.5 Å². The summed E-state index contributed by atoms with van der Waals surface area (Å²) in [7, 11) is 0. The summed E-state index contributed by atoms with van der Waals surface area (Å²) in [4.78, 5) is 0. The first kappa shape index (κ1) is 10.6. The molecule has 2 atom stereocenters. The van der Waals surface area contributed by atoms with Crippen LogP contribution in [-0.4, -0.2) is 19.2 Å². The number of hydrogen-bond acceptors (Lipinski definition) is 2. The Labute approximate surface area is 89.4 Å². The van der Waals surface area contributed by atoms with Gasteiger partial charge in [0.05, 0.1) is 6.10 Å². The van der Waals surface area contributed by atoms with E-state index in [1.165, 1.54) is 6.07 Å². The molecule has 15 heavy (non-hydrogen) atoms. The molecule has 1 aliphatic rings. The molecule has 2 unspecified atom stereocenters.